The maximum Gasteiger partial charge on any atom is 0.153 e. The molecule has 0 aromatic heterocycles. The van der Waals surface area contributed by atoms with Crippen LogP contribution >= 0.6 is 11.8 Å². The summed E-state index contributed by atoms with van der Waals surface area (Å²) in [6, 6.07) is 0.469. The van der Waals surface area contributed by atoms with Gasteiger partial charge in [0.25, 0.3) is 0 Å². The number of hydrogen-bond donors (Lipinski definition) is 1. The molecule has 1 saturated carbocycles. The second-order valence-electron chi connectivity index (χ2n) is 4.59. The summed E-state index contributed by atoms with van der Waals surface area (Å²) in [6.45, 7) is 4.65. The number of nitrogens with zero attached hydrogens (tertiary/aromatic N) is 1. The molecule has 1 rings (SSSR count). The van der Waals surface area contributed by atoms with Crippen LogP contribution in [0.4, 0.5) is 0 Å². The number of aliphatic imine (C=N–C) groups is 1. The summed E-state index contributed by atoms with van der Waals surface area (Å²) in [7, 11) is 0. The molecule has 1 atom stereocenters. The summed E-state index contributed by atoms with van der Waals surface area (Å²) in [5, 5.41) is 0.739. The highest BCUT2D eigenvalue weighted by atomic mass is 32.2. The molecule has 0 radical (unpaired) electrons. The Hall–Kier alpha value is -0.180. The summed E-state index contributed by atoms with van der Waals surface area (Å²) in [5.41, 5.74) is 6.17. The normalized spacial score (nSPS) is 28.8. The quantitative estimate of drug-likeness (QED) is 0.522. The van der Waals surface area contributed by atoms with Crippen LogP contribution in [0.3, 0.4) is 0 Å². The standard InChI is InChI=1S/C10H20N2S/c1-10(2)6-4-5-8(7-10)12-9(11)13-3/h8H,4-7H2,1-3H3,(H2,11,12)/t8-/m1/s1. The van der Waals surface area contributed by atoms with Gasteiger partial charge in [0.05, 0.1) is 6.04 Å². The summed E-state index contributed by atoms with van der Waals surface area (Å²) >= 11 is 1.55. The van der Waals surface area contributed by atoms with Gasteiger partial charge in [0.15, 0.2) is 5.17 Å². The first-order valence-electron chi connectivity index (χ1n) is 4.91. The van der Waals surface area contributed by atoms with E-state index in [1.54, 1.807) is 11.8 Å². The molecule has 0 aromatic rings. The minimum absolute atomic E-state index is 0.463. The van der Waals surface area contributed by atoms with E-state index in [2.05, 4.69) is 18.8 Å². The van der Waals surface area contributed by atoms with Gasteiger partial charge < -0.3 is 5.73 Å². The first-order valence-corrected chi connectivity index (χ1v) is 6.13. The molecule has 0 spiro atoms. The van der Waals surface area contributed by atoms with Gasteiger partial charge in [-0.2, -0.15) is 0 Å². The summed E-state index contributed by atoms with van der Waals surface area (Å²) in [4.78, 5) is 4.51. The van der Waals surface area contributed by atoms with Crippen LogP contribution in [0, 0.1) is 5.41 Å². The van der Waals surface area contributed by atoms with Crippen molar-refractivity contribution >= 4 is 16.9 Å². The number of hydrogen-bond acceptors (Lipinski definition) is 2. The van der Waals surface area contributed by atoms with E-state index in [1.807, 2.05) is 6.26 Å². The predicted molar refractivity (Wildman–Crippen MR) is 61.2 cm³/mol. The van der Waals surface area contributed by atoms with Gasteiger partial charge in [-0.25, -0.2) is 0 Å². The summed E-state index contributed by atoms with van der Waals surface area (Å²) in [5.74, 6) is 0. The lowest BCUT2D eigenvalue weighted by Crippen LogP contribution is -2.26. The number of rotatable bonds is 1. The molecule has 0 aliphatic heterocycles. The molecule has 76 valence electrons. The van der Waals surface area contributed by atoms with Gasteiger partial charge in [-0.15, -0.1) is 0 Å². The Morgan fingerprint density at radius 3 is 2.77 bits per heavy atom. The molecular weight excluding hydrogens is 180 g/mol. The van der Waals surface area contributed by atoms with Gasteiger partial charge in [-0.3, -0.25) is 4.99 Å². The fraction of sp³-hybridized carbons (Fsp3) is 0.900. The van der Waals surface area contributed by atoms with Gasteiger partial charge in [0, 0.05) is 0 Å². The van der Waals surface area contributed by atoms with Crippen molar-refractivity contribution in [2.75, 3.05) is 6.26 Å². The largest absolute Gasteiger partial charge is 0.379 e. The van der Waals surface area contributed by atoms with Crippen molar-refractivity contribution in [3.63, 3.8) is 0 Å². The maximum absolute atomic E-state index is 5.71. The molecule has 0 saturated heterocycles. The number of nitrogens with two attached hydrogens (primary N) is 1. The Balaban J connectivity index is 2.52. The zero-order chi connectivity index (χ0) is 9.90. The average molecular weight is 200 g/mol. The maximum atomic E-state index is 5.71. The minimum atomic E-state index is 0.463. The van der Waals surface area contributed by atoms with E-state index in [0.717, 1.165) is 5.17 Å². The van der Waals surface area contributed by atoms with Gasteiger partial charge in [0.1, 0.15) is 0 Å². The lowest BCUT2D eigenvalue weighted by Gasteiger charge is -2.33. The van der Waals surface area contributed by atoms with E-state index in [0.29, 0.717) is 11.5 Å². The molecule has 0 amide bonds. The highest BCUT2D eigenvalue weighted by molar-refractivity contribution is 8.13. The fourth-order valence-corrected chi connectivity index (χ4v) is 2.26. The number of thioether (sulfide) groups is 1. The minimum Gasteiger partial charge on any atom is -0.379 e. The van der Waals surface area contributed by atoms with Gasteiger partial charge >= 0.3 is 0 Å². The van der Waals surface area contributed by atoms with Crippen LogP contribution < -0.4 is 5.73 Å². The van der Waals surface area contributed by atoms with E-state index >= 15 is 0 Å². The number of amidine groups is 1. The average Bonchev–Trinajstić information content (AvgIpc) is 2.02. The van der Waals surface area contributed by atoms with Crippen molar-refractivity contribution in [3.05, 3.63) is 0 Å². The zero-order valence-electron chi connectivity index (χ0n) is 8.84. The van der Waals surface area contributed by atoms with Crippen LogP contribution in [0.1, 0.15) is 39.5 Å². The molecule has 0 unspecified atom stereocenters. The highest BCUT2D eigenvalue weighted by Crippen LogP contribution is 2.36. The predicted octanol–water partition coefficient (Wildman–Crippen LogP) is 2.63. The molecule has 3 heteroatoms. The Labute approximate surface area is 85.4 Å². The Kier molecular flexibility index (Phi) is 3.65. The van der Waals surface area contributed by atoms with Gasteiger partial charge in [-0.05, 0) is 30.9 Å². The van der Waals surface area contributed by atoms with Crippen molar-refractivity contribution < 1.29 is 0 Å². The van der Waals surface area contributed by atoms with Crippen LogP contribution in [-0.2, 0) is 0 Å². The van der Waals surface area contributed by atoms with Crippen molar-refractivity contribution in [1.82, 2.24) is 0 Å². The second kappa shape index (κ2) is 4.36. The monoisotopic (exact) mass is 200 g/mol. The van der Waals surface area contributed by atoms with Crippen molar-refractivity contribution in [2.24, 2.45) is 16.1 Å². The lowest BCUT2D eigenvalue weighted by molar-refractivity contribution is 0.222. The Morgan fingerprint density at radius 1 is 1.54 bits per heavy atom. The molecule has 2 nitrogen and oxygen atoms in total. The van der Waals surface area contributed by atoms with E-state index in [9.17, 15) is 0 Å². The van der Waals surface area contributed by atoms with Crippen LogP contribution in [0.2, 0.25) is 0 Å². The van der Waals surface area contributed by atoms with Crippen molar-refractivity contribution in [3.8, 4) is 0 Å². The van der Waals surface area contributed by atoms with Crippen molar-refractivity contribution in [1.29, 1.82) is 0 Å². The molecule has 13 heavy (non-hydrogen) atoms. The molecule has 1 fully saturated rings. The fourth-order valence-electron chi connectivity index (χ4n) is 2.00. The van der Waals surface area contributed by atoms with Crippen LogP contribution in [-0.4, -0.2) is 17.5 Å². The first kappa shape index (κ1) is 10.9. The lowest BCUT2D eigenvalue weighted by atomic mass is 9.75. The zero-order valence-corrected chi connectivity index (χ0v) is 9.66. The van der Waals surface area contributed by atoms with Crippen molar-refractivity contribution in [2.45, 2.75) is 45.6 Å². The van der Waals surface area contributed by atoms with E-state index < -0.39 is 0 Å². The van der Waals surface area contributed by atoms with E-state index in [1.165, 1.54) is 25.7 Å². The molecule has 2 N–H and O–H groups in total. The second-order valence-corrected chi connectivity index (χ2v) is 5.41. The summed E-state index contributed by atoms with van der Waals surface area (Å²) < 4.78 is 0. The highest BCUT2D eigenvalue weighted by Gasteiger charge is 2.27. The molecule has 0 heterocycles. The van der Waals surface area contributed by atoms with Crippen LogP contribution in [0.25, 0.3) is 0 Å². The van der Waals surface area contributed by atoms with E-state index in [4.69, 9.17) is 5.73 Å². The third kappa shape index (κ3) is 3.59. The SMILES string of the molecule is CSC(N)=N[C@@H]1CCCC(C)(C)C1. The summed E-state index contributed by atoms with van der Waals surface area (Å²) in [6.07, 6.45) is 7.01. The molecule has 0 aromatic carbocycles. The molecule has 1 aliphatic rings. The third-order valence-electron chi connectivity index (χ3n) is 2.70. The van der Waals surface area contributed by atoms with Crippen LogP contribution in [0.15, 0.2) is 4.99 Å². The van der Waals surface area contributed by atoms with Crippen LogP contribution in [0.5, 0.6) is 0 Å². The molecule has 1 aliphatic carbocycles. The third-order valence-corrected chi connectivity index (χ3v) is 3.22. The molecular formula is C10H20N2S. The smallest absolute Gasteiger partial charge is 0.153 e. The first-order chi connectivity index (χ1) is 6.03. The van der Waals surface area contributed by atoms with Gasteiger partial charge in [0.2, 0.25) is 0 Å². The van der Waals surface area contributed by atoms with E-state index in [-0.39, 0.29) is 0 Å². The Morgan fingerprint density at radius 2 is 2.23 bits per heavy atom. The Bertz CT molecular complexity index is 199. The topological polar surface area (TPSA) is 38.4 Å². The molecule has 0 bridgehead atoms. The van der Waals surface area contributed by atoms with Gasteiger partial charge in [-0.1, -0.05) is 32.0 Å².